The molecule has 31 heavy (non-hydrogen) atoms. The number of nitriles is 1. The first-order valence-corrected chi connectivity index (χ1v) is 10.4. The van der Waals surface area contributed by atoms with Gasteiger partial charge in [0.05, 0.1) is 11.6 Å². The molecule has 0 amide bonds. The Kier molecular flexibility index (Phi) is 5.45. The summed E-state index contributed by atoms with van der Waals surface area (Å²) in [6.45, 7) is 6.81. The Bertz CT molecular complexity index is 982. The van der Waals surface area contributed by atoms with E-state index in [2.05, 4.69) is 21.6 Å². The van der Waals surface area contributed by atoms with Crippen molar-refractivity contribution < 1.29 is 17.9 Å². The van der Waals surface area contributed by atoms with E-state index in [1.807, 2.05) is 13.8 Å². The fourth-order valence-electron chi connectivity index (χ4n) is 4.54. The van der Waals surface area contributed by atoms with Crippen LogP contribution in [0.4, 0.5) is 19.1 Å². The third kappa shape index (κ3) is 4.40. The summed E-state index contributed by atoms with van der Waals surface area (Å²) in [7, 11) is 0. The summed E-state index contributed by atoms with van der Waals surface area (Å²) in [6, 6.07) is 3.80. The number of aromatic nitrogens is 3. The van der Waals surface area contributed by atoms with Gasteiger partial charge in [-0.1, -0.05) is 0 Å². The van der Waals surface area contributed by atoms with Crippen molar-refractivity contribution >= 4 is 5.95 Å². The number of aryl methyl sites for hydroxylation is 1. The van der Waals surface area contributed by atoms with Crippen molar-refractivity contribution in [1.29, 1.82) is 5.26 Å². The van der Waals surface area contributed by atoms with Crippen molar-refractivity contribution in [1.82, 2.24) is 19.7 Å². The maximum absolute atomic E-state index is 13.2. The Morgan fingerprint density at radius 3 is 2.45 bits per heavy atom. The van der Waals surface area contributed by atoms with Crippen LogP contribution in [0.15, 0.2) is 18.2 Å². The highest BCUT2D eigenvalue weighted by Crippen LogP contribution is 2.39. The van der Waals surface area contributed by atoms with Crippen LogP contribution in [0, 0.1) is 30.2 Å². The van der Waals surface area contributed by atoms with Gasteiger partial charge in [0.1, 0.15) is 5.75 Å². The van der Waals surface area contributed by atoms with Crippen LogP contribution in [0.25, 0.3) is 0 Å². The maximum Gasteiger partial charge on any atom is 0.416 e. The quantitative estimate of drug-likeness (QED) is 0.694. The van der Waals surface area contributed by atoms with Gasteiger partial charge in [0.15, 0.2) is 6.19 Å². The number of alkyl halides is 3. The normalized spacial score (nSPS) is 23.2. The number of halogens is 3. The molecule has 1 aliphatic carbocycles. The number of nitrogens with one attached hydrogen (secondary N) is 1. The summed E-state index contributed by atoms with van der Waals surface area (Å²) in [5.41, 5.74) is -0.322. The molecule has 1 aliphatic heterocycles. The Hall–Kier alpha value is -2.96. The molecule has 1 aromatic heterocycles. The van der Waals surface area contributed by atoms with Gasteiger partial charge in [0.25, 0.3) is 0 Å². The lowest BCUT2D eigenvalue weighted by atomic mass is 9.92. The lowest BCUT2D eigenvalue weighted by molar-refractivity contribution is -0.137. The topological polar surface area (TPSA) is 79.0 Å². The number of rotatable bonds is 5. The number of hydrogen-bond acceptors (Lipinski definition) is 6. The van der Waals surface area contributed by atoms with Crippen molar-refractivity contribution in [3.63, 3.8) is 0 Å². The molecule has 1 aromatic carbocycles. The monoisotopic (exact) mass is 434 g/mol. The van der Waals surface area contributed by atoms with Crippen molar-refractivity contribution in [2.24, 2.45) is 11.8 Å². The molecular formula is C21H25F3N6O. The first-order valence-electron chi connectivity index (χ1n) is 10.4. The van der Waals surface area contributed by atoms with Gasteiger partial charge in [-0.2, -0.15) is 23.4 Å². The van der Waals surface area contributed by atoms with E-state index in [1.54, 1.807) is 22.6 Å². The first-order chi connectivity index (χ1) is 14.6. The van der Waals surface area contributed by atoms with Gasteiger partial charge in [0, 0.05) is 19.1 Å². The SMILES string of the molecule is Cc1cc(Oc2nc(NC3[C@@H]4CC[C@H]3CN(C#N)C4)nn2C(C)C)cc(C(F)(F)F)c1. The van der Waals surface area contributed by atoms with Gasteiger partial charge in [-0.05, 0) is 69.2 Å². The minimum atomic E-state index is -4.46. The van der Waals surface area contributed by atoms with Gasteiger partial charge < -0.3 is 15.0 Å². The van der Waals surface area contributed by atoms with E-state index in [1.165, 1.54) is 0 Å². The second-order valence-electron chi connectivity index (χ2n) is 8.66. The smallest absolute Gasteiger partial charge is 0.416 e. The van der Waals surface area contributed by atoms with Crippen LogP contribution >= 0.6 is 0 Å². The van der Waals surface area contributed by atoms with E-state index in [0.717, 1.165) is 25.0 Å². The molecular weight excluding hydrogens is 409 g/mol. The fraction of sp³-hybridized carbons (Fsp3) is 0.571. The highest BCUT2D eigenvalue weighted by atomic mass is 19.4. The van der Waals surface area contributed by atoms with Gasteiger partial charge in [-0.15, -0.1) is 5.10 Å². The molecule has 10 heteroatoms. The highest BCUT2D eigenvalue weighted by Gasteiger charge is 2.42. The molecule has 2 aromatic rings. The van der Waals surface area contributed by atoms with Crippen LogP contribution in [-0.4, -0.2) is 38.8 Å². The van der Waals surface area contributed by atoms with E-state index in [4.69, 9.17) is 4.74 Å². The number of fused-ring (bicyclic) bond motifs is 2. The minimum Gasteiger partial charge on any atom is -0.424 e. The van der Waals surface area contributed by atoms with Crippen molar-refractivity contribution in [3.8, 4) is 18.0 Å². The average molecular weight is 434 g/mol. The first kappa shape index (κ1) is 21.3. The number of benzene rings is 1. The van der Waals surface area contributed by atoms with Crippen molar-refractivity contribution in [3.05, 3.63) is 29.3 Å². The zero-order valence-corrected chi connectivity index (χ0v) is 17.6. The molecule has 166 valence electrons. The second-order valence-corrected chi connectivity index (χ2v) is 8.66. The van der Waals surface area contributed by atoms with E-state index in [-0.39, 0.29) is 23.8 Å². The molecule has 2 heterocycles. The van der Waals surface area contributed by atoms with Crippen molar-refractivity contribution in [2.75, 3.05) is 18.4 Å². The summed E-state index contributed by atoms with van der Waals surface area (Å²) < 4.78 is 46.8. The second kappa shape index (κ2) is 7.94. The van der Waals surface area contributed by atoms with Gasteiger partial charge in [-0.3, -0.25) is 0 Å². The van der Waals surface area contributed by atoms with E-state index in [9.17, 15) is 18.4 Å². The predicted molar refractivity (Wildman–Crippen MR) is 107 cm³/mol. The molecule has 2 bridgehead atoms. The van der Waals surface area contributed by atoms with Gasteiger partial charge in [0.2, 0.25) is 5.95 Å². The number of ether oxygens (including phenoxy) is 1. The Balaban J connectivity index is 1.57. The fourth-order valence-corrected chi connectivity index (χ4v) is 4.54. The summed E-state index contributed by atoms with van der Waals surface area (Å²) in [5, 5.41) is 17.1. The predicted octanol–water partition coefficient (Wildman–Crippen LogP) is 4.58. The largest absolute Gasteiger partial charge is 0.424 e. The van der Waals surface area contributed by atoms with E-state index in [0.29, 0.717) is 36.4 Å². The number of hydrogen-bond donors (Lipinski definition) is 1. The molecule has 2 fully saturated rings. The Morgan fingerprint density at radius 2 is 1.87 bits per heavy atom. The maximum atomic E-state index is 13.2. The Labute approximate surface area is 178 Å². The van der Waals surface area contributed by atoms with Crippen LogP contribution in [0.1, 0.15) is 43.9 Å². The number of anilines is 1. The summed E-state index contributed by atoms with van der Waals surface area (Å²) >= 11 is 0. The molecule has 1 N–H and O–H groups in total. The van der Waals surface area contributed by atoms with Crippen LogP contribution < -0.4 is 10.1 Å². The molecule has 2 aliphatic rings. The average Bonchev–Trinajstić information content (AvgIpc) is 3.17. The molecule has 1 saturated heterocycles. The molecule has 0 radical (unpaired) electrons. The summed E-state index contributed by atoms with van der Waals surface area (Å²) in [4.78, 5) is 6.23. The van der Waals surface area contributed by atoms with E-state index < -0.39 is 11.7 Å². The van der Waals surface area contributed by atoms with E-state index >= 15 is 0 Å². The lowest BCUT2D eigenvalue weighted by Crippen LogP contribution is -2.46. The number of likely N-dealkylation sites (tertiary alicyclic amines) is 1. The van der Waals surface area contributed by atoms with Crippen LogP contribution in [0.2, 0.25) is 0 Å². The van der Waals surface area contributed by atoms with Crippen LogP contribution in [0.5, 0.6) is 11.8 Å². The third-order valence-corrected chi connectivity index (χ3v) is 5.95. The molecule has 0 spiro atoms. The number of nitrogens with zero attached hydrogens (tertiary/aromatic N) is 5. The summed E-state index contributed by atoms with van der Waals surface area (Å²) in [5.74, 6) is 1.12. The molecule has 4 rings (SSSR count). The van der Waals surface area contributed by atoms with Crippen molar-refractivity contribution in [2.45, 2.75) is 51.9 Å². The van der Waals surface area contributed by atoms with Crippen LogP contribution in [0.3, 0.4) is 0 Å². The Morgan fingerprint density at radius 1 is 1.19 bits per heavy atom. The van der Waals surface area contributed by atoms with Gasteiger partial charge >= 0.3 is 12.2 Å². The molecule has 1 unspecified atom stereocenters. The highest BCUT2D eigenvalue weighted by molar-refractivity contribution is 5.38. The zero-order valence-electron chi connectivity index (χ0n) is 17.6. The molecule has 3 atom stereocenters. The minimum absolute atomic E-state index is 0.0653. The van der Waals surface area contributed by atoms with Gasteiger partial charge in [-0.25, -0.2) is 4.68 Å². The van der Waals surface area contributed by atoms with Crippen LogP contribution in [-0.2, 0) is 6.18 Å². The third-order valence-electron chi connectivity index (χ3n) is 5.95. The summed E-state index contributed by atoms with van der Waals surface area (Å²) in [6.07, 6.45) is -0.144. The lowest BCUT2D eigenvalue weighted by Gasteiger charge is -2.35. The number of piperidine rings is 1. The standard InChI is InChI=1S/C21H25F3N6O/c1-12(2)30-20(31-17-7-13(3)6-16(8-17)21(22,23)24)27-19(28-30)26-18-14-4-5-15(18)10-29(9-14)11-25/h6-8,12,14-15,18H,4-5,9-10H2,1-3H3,(H,26,28)/t14-,15+,18?. The zero-order chi connectivity index (χ0) is 22.3. The molecule has 7 nitrogen and oxygen atoms in total. The molecule has 1 saturated carbocycles.